The quantitative estimate of drug-likeness (QED) is 0.581. The maximum Gasteiger partial charge on any atom is 0.337 e. The van der Waals surface area contributed by atoms with Crippen LogP contribution in [0.15, 0.2) is 12.7 Å². The molecule has 1 N–H and O–H groups in total. The zero-order valence-corrected chi connectivity index (χ0v) is 9.94. The number of carbonyl (C=O) groups is 1. The molecule has 0 aromatic rings. The molecule has 0 unspecified atom stereocenters. The van der Waals surface area contributed by atoms with Gasteiger partial charge in [0, 0.05) is 12.5 Å². The standard InChI is InChI=1S/C12H20O4/c1-4-6-10-9(7-5-8-16-10)12(2,14)11(13)15-3/h4,9-10,14H,1,5-8H2,2-3H3/t9-,10-,12+/m0/s1. The summed E-state index contributed by atoms with van der Waals surface area (Å²) in [5.74, 6) is -0.830. The maximum absolute atomic E-state index is 11.5. The highest BCUT2D eigenvalue weighted by Gasteiger charge is 2.45. The summed E-state index contributed by atoms with van der Waals surface area (Å²) in [6.07, 6.45) is 3.85. The SMILES string of the molecule is C=CC[C@@H]1OCCC[C@@H]1[C@@](C)(O)C(=O)OC. The predicted octanol–water partition coefficient (Wildman–Crippen LogP) is 1.28. The van der Waals surface area contributed by atoms with E-state index in [0.717, 1.165) is 12.8 Å². The lowest BCUT2D eigenvalue weighted by Crippen LogP contribution is -2.51. The van der Waals surface area contributed by atoms with Crippen LogP contribution in [0.5, 0.6) is 0 Å². The maximum atomic E-state index is 11.5. The Hall–Kier alpha value is -0.870. The van der Waals surface area contributed by atoms with Crippen LogP contribution >= 0.6 is 0 Å². The number of aliphatic hydroxyl groups is 1. The van der Waals surface area contributed by atoms with E-state index < -0.39 is 11.6 Å². The number of esters is 1. The molecule has 0 aromatic carbocycles. The van der Waals surface area contributed by atoms with Gasteiger partial charge < -0.3 is 14.6 Å². The minimum atomic E-state index is -1.48. The van der Waals surface area contributed by atoms with Gasteiger partial charge in [0.1, 0.15) is 0 Å². The summed E-state index contributed by atoms with van der Waals surface area (Å²) in [5, 5.41) is 10.2. The summed E-state index contributed by atoms with van der Waals surface area (Å²) in [4.78, 5) is 11.5. The van der Waals surface area contributed by atoms with Crippen molar-refractivity contribution in [1.29, 1.82) is 0 Å². The van der Waals surface area contributed by atoms with Crippen molar-refractivity contribution in [2.75, 3.05) is 13.7 Å². The van der Waals surface area contributed by atoms with Crippen LogP contribution in [0.2, 0.25) is 0 Å². The van der Waals surface area contributed by atoms with Crippen LogP contribution in [0.25, 0.3) is 0 Å². The van der Waals surface area contributed by atoms with Gasteiger partial charge in [-0.3, -0.25) is 0 Å². The van der Waals surface area contributed by atoms with E-state index >= 15 is 0 Å². The fraction of sp³-hybridized carbons (Fsp3) is 0.750. The monoisotopic (exact) mass is 228 g/mol. The fourth-order valence-corrected chi connectivity index (χ4v) is 2.24. The number of hydrogen-bond acceptors (Lipinski definition) is 4. The third-order valence-electron chi connectivity index (χ3n) is 3.16. The fourth-order valence-electron chi connectivity index (χ4n) is 2.24. The van der Waals surface area contributed by atoms with Crippen molar-refractivity contribution < 1.29 is 19.4 Å². The van der Waals surface area contributed by atoms with Crippen LogP contribution in [-0.2, 0) is 14.3 Å². The summed E-state index contributed by atoms with van der Waals surface area (Å²) in [6.45, 7) is 5.83. The van der Waals surface area contributed by atoms with Crippen molar-refractivity contribution in [3.63, 3.8) is 0 Å². The summed E-state index contributed by atoms with van der Waals surface area (Å²) in [6, 6.07) is 0. The van der Waals surface area contributed by atoms with Gasteiger partial charge in [-0.2, -0.15) is 0 Å². The molecule has 3 atom stereocenters. The van der Waals surface area contributed by atoms with Gasteiger partial charge in [0.2, 0.25) is 0 Å². The van der Waals surface area contributed by atoms with Gasteiger partial charge in [0.25, 0.3) is 0 Å². The molecule has 1 heterocycles. The zero-order chi connectivity index (χ0) is 12.2. The molecule has 1 aliphatic rings. The minimum Gasteiger partial charge on any atom is -0.467 e. The van der Waals surface area contributed by atoms with Crippen molar-refractivity contribution in [3.8, 4) is 0 Å². The Morgan fingerprint density at radius 1 is 1.75 bits per heavy atom. The van der Waals surface area contributed by atoms with E-state index in [4.69, 9.17) is 4.74 Å². The van der Waals surface area contributed by atoms with E-state index in [1.165, 1.54) is 14.0 Å². The van der Waals surface area contributed by atoms with E-state index in [1.807, 2.05) is 0 Å². The number of ether oxygens (including phenoxy) is 2. The average Bonchev–Trinajstić information content (AvgIpc) is 2.29. The summed E-state index contributed by atoms with van der Waals surface area (Å²) < 4.78 is 10.2. The highest BCUT2D eigenvalue weighted by molar-refractivity contribution is 5.79. The molecule has 1 fully saturated rings. The molecular formula is C12H20O4. The molecule has 1 aliphatic heterocycles. The van der Waals surface area contributed by atoms with Crippen molar-refractivity contribution in [2.24, 2.45) is 5.92 Å². The van der Waals surface area contributed by atoms with Gasteiger partial charge >= 0.3 is 5.97 Å². The van der Waals surface area contributed by atoms with Crippen molar-refractivity contribution in [3.05, 3.63) is 12.7 Å². The summed E-state index contributed by atoms with van der Waals surface area (Å²) in [7, 11) is 1.28. The van der Waals surface area contributed by atoms with E-state index in [-0.39, 0.29) is 12.0 Å². The van der Waals surface area contributed by atoms with Crippen LogP contribution in [-0.4, -0.2) is 36.5 Å². The van der Waals surface area contributed by atoms with Crippen molar-refractivity contribution >= 4 is 5.97 Å². The molecule has 0 aromatic heterocycles. The summed E-state index contributed by atoms with van der Waals surface area (Å²) >= 11 is 0. The first-order valence-corrected chi connectivity index (χ1v) is 5.57. The zero-order valence-electron chi connectivity index (χ0n) is 9.94. The van der Waals surface area contributed by atoms with Gasteiger partial charge in [0.15, 0.2) is 5.60 Å². The lowest BCUT2D eigenvalue weighted by Gasteiger charge is -2.38. The van der Waals surface area contributed by atoms with Crippen molar-refractivity contribution in [1.82, 2.24) is 0 Å². The van der Waals surface area contributed by atoms with E-state index in [0.29, 0.717) is 13.0 Å². The third kappa shape index (κ3) is 2.62. The molecule has 0 aliphatic carbocycles. The third-order valence-corrected chi connectivity index (χ3v) is 3.16. The molecule has 16 heavy (non-hydrogen) atoms. The van der Waals surface area contributed by atoms with Crippen LogP contribution in [0.4, 0.5) is 0 Å². The van der Waals surface area contributed by atoms with Crippen molar-refractivity contribution in [2.45, 2.75) is 37.9 Å². The van der Waals surface area contributed by atoms with Gasteiger partial charge in [-0.25, -0.2) is 4.79 Å². The number of methoxy groups -OCH3 is 1. The molecule has 4 heteroatoms. The molecular weight excluding hydrogens is 208 g/mol. The van der Waals surface area contributed by atoms with Gasteiger partial charge in [-0.05, 0) is 26.2 Å². The normalized spacial score (nSPS) is 29.2. The van der Waals surface area contributed by atoms with Crippen LogP contribution in [0.1, 0.15) is 26.2 Å². The van der Waals surface area contributed by atoms with Gasteiger partial charge in [-0.1, -0.05) is 6.08 Å². The molecule has 0 saturated carbocycles. The van der Waals surface area contributed by atoms with Crippen LogP contribution in [0.3, 0.4) is 0 Å². The molecule has 4 nitrogen and oxygen atoms in total. The van der Waals surface area contributed by atoms with E-state index in [1.54, 1.807) is 6.08 Å². The van der Waals surface area contributed by atoms with Gasteiger partial charge in [-0.15, -0.1) is 6.58 Å². The van der Waals surface area contributed by atoms with Crippen LogP contribution < -0.4 is 0 Å². The van der Waals surface area contributed by atoms with Crippen LogP contribution in [0, 0.1) is 5.92 Å². The first-order chi connectivity index (χ1) is 7.54. The number of carbonyl (C=O) groups excluding carboxylic acids is 1. The largest absolute Gasteiger partial charge is 0.467 e. The minimum absolute atomic E-state index is 0.152. The second-order valence-electron chi connectivity index (χ2n) is 4.32. The Kier molecular flexibility index (Phi) is 4.50. The first kappa shape index (κ1) is 13.2. The van der Waals surface area contributed by atoms with E-state index in [9.17, 15) is 9.90 Å². The second kappa shape index (κ2) is 5.46. The van der Waals surface area contributed by atoms with Gasteiger partial charge in [0.05, 0.1) is 13.2 Å². The topological polar surface area (TPSA) is 55.8 Å². The Bertz CT molecular complexity index is 260. The molecule has 92 valence electrons. The Labute approximate surface area is 96.2 Å². The molecule has 0 radical (unpaired) electrons. The lowest BCUT2D eigenvalue weighted by molar-refractivity contribution is -0.178. The number of rotatable bonds is 4. The first-order valence-electron chi connectivity index (χ1n) is 5.57. The highest BCUT2D eigenvalue weighted by atomic mass is 16.5. The Morgan fingerprint density at radius 3 is 3.00 bits per heavy atom. The smallest absolute Gasteiger partial charge is 0.337 e. The molecule has 0 amide bonds. The summed E-state index contributed by atoms with van der Waals surface area (Å²) in [5.41, 5.74) is -1.48. The molecule has 1 saturated heterocycles. The highest BCUT2D eigenvalue weighted by Crippen LogP contribution is 2.33. The Morgan fingerprint density at radius 2 is 2.44 bits per heavy atom. The lowest BCUT2D eigenvalue weighted by atomic mass is 9.79. The Balaban J connectivity index is 2.80. The molecule has 1 rings (SSSR count). The molecule has 0 spiro atoms. The second-order valence-corrected chi connectivity index (χ2v) is 4.32. The average molecular weight is 228 g/mol. The molecule has 0 bridgehead atoms. The van der Waals surface area contributed by atoms with E-state index in [2.05, 4.69) is 11.3 Å². The predicted molar refractivity (Wildman–Crippen MR) is 59.9 cm³/mol. The number of hydrogen-bond donors (Lipinski definition) is 1.